The Morgan fingerprint density at radius 2 is 2.00 bits per heavy atom. The van der Waals surface area contributed by atoms with Crippen LogP contribution in [0.15, 0.2) is 12.2 Å². The van der Waals surface area contributed by atoms with E-state index >= 15 is 0 Å². The number of carbonyl (C=O) groups excluding carboxylic acids is 1. The summed E-state index contributed by atoms with van der Waals surface area (Å²) in [7, 11) is 0. The van der Waals surface area contributed by atoms with Crippen LogP contribution in [-0.2, 0) is 4.79 Å². The van der Waals surface area contributed by atoms with Crippen LogP contribution in [0.4, 0.5) is 0 Å². The summed E-state index contributed by atoms with van der Waals surface area (Å²) in [6, 6.07) is 0. The molecule has 0 radical (unpaired) electrons. The highest BCUT2D eigenvalue weighted by Gasteiger charge is 2.08. The first-order valence-electron chi connectivity index (χ1n) is 3.25. The fourth-order valence-corrected chi connectivity index (χ4v) is 0.418. The van der Waals surface area contributed by atoms with E-state index in [-0.39, 0.29) is 5.41 Å². The summed E-state index contributed by atoms with van der Waals surface area (Å²) in [6.45, 7) is 6.31. The van der Waals surface area contributed by atoms with Gasteiger partial charge in [0.25, 0.3) is 0 Å². The number of aldehydes is 1. The first kappa shape index (κ1) is 8.41. The zero-order chi connectivity index (χ0) is 7.33. The molecule has 0 unspecified atom stereocenters. The zero-order valence-electron chi connectivity index (χ0n) is 6.35. The van der Waals surface area contributed by atoms with E-state index in [4.69, 9.17) is 0 Å². The van der Waals surface area contributed by atoms with Gasteiger partial charge < -0.3 is 0 Å². The number of rotatable bonds is 3. The average molecular weight is 126 g/mol. The van der Waals surface area contributed by atoms with Crippen LogP contribution in [-0.4, -0.2) is 6.29 Å². The average Bonchev–Trinajstić information content (AvgIpc) is 1.84. The van der Waals surface area contributed by atoms with E-state index in [1.54, 1.807) is 6.08 Å². The molecule has 0 aromatic rings. The molecule has 0 amide bonds. The van der Waals surface area contributed by atoms with Crippen LogP contribution in [0.5, 0.6) is 0 Å². The first-order chi connectivity index (χ1) is 4.12. The lowest BCUT2D eigenvalue weighted by Gasteiger charge is -2.15. The smallest absolute Gasteiger partial charge is 0.142 e. The van der Waals surface area contributed by atoms with Gasteiger partial charge in [0.15, 0.2) is 0 Å². The molecule has 0 aromatic carbocycles. The molecule has 0 spiro atoms. The maximum Gasteiger partial charge on any atom is 0.142 e. The second kappa shape index (κ2) is 3.44. The third-order valence-corrected chi connectivity index (χ3v) is 1.54. The Kier molecular flexibility index (Phi) is 3.21. The quantitative estimate of drug-likeness (QED) is 0.418. The number of carbonyl (C=O) groups is 1. The molecule has 0 atom stereocenters. The van der Waals surface area contributed by atoms with Gasteiger partial charge in [0.2, 0.25) is 0 Å². The van der Waals surface area contributed by atoms with Gasteiger partial charge in [-0.05, 0) is 17.9 Å². The zero-order valence-corrected chi connectivity index (χ0v) is 6.35. The SMILES string of the molecule is CCC(C)(C)C=CC=O. The molecule has 0 bridgehead atoms. The van der Waals surface area contributed by atoms with Gasteiger partial charge in [-0.1, -0.05) is 26.8 Å². The van der Waals surface area contributed by atoms with E-state index in [2.05, 4.69) is 20.8 Å². The fourth-order valence-electron chi connectivity index (χ4n) is 0.418. The molecule has 0 aliphatic carbocycles. The normalized spacial score (nSPS) is 12.3. The van der Waals surface area contributed by atoms with Gasteiger partial charge in [-0.15, -0.1) is 0 Å². The van der Waals surface area contributed by atoms with Gasteiger partial charge in [0.1, 0.15) is 6.29 Å². The standard InChI is InChI=1S/C8H14O/c1-4-8(2,3)6-5-7-9/h5-7H,4H2,1-3H3. The van der Waals surface area contributed by atoms with Gasteiger partial charge in [0, 0.05) is 0 Å². The minimum absolute atomic E-state index is 0.181. The Labute approximate surface area is 56.8 Å². The van der Waals surface area contributed by atoms with Gasteiger partial charge in [0.05, 0.1) is 0 Å². The highest BCUT2D eigenvalue weighted by Crippen LogP contribution is 2.20. The second-order valence-electron chi connectivity index (χ2n) is 2.84. The summed E-state index contributed by atoms with van der Waals surface area (Å²) in [5, 5.41) is 0. The van der Waals surface area contributed by atoms with Crippen LogP contribution in [0, 0.1) is 5.41 Å². The second-order valence-corrected chi connectivity index (χ2v) is 2.84. The van der Waals surface area contributed by atoms with Crippen molar-refractivity contribution in [1.82, 2.24) is 0 Å². The summed E-state index contributed by atoms with van der Waals surface area (Å²) in [6.07, 6.45) is 5.37. The number of hydrogen-bond donors (Lipinski definition) is 0. The van der Waals surface area contributed by atoms with Crippen molar-refractivity contribution in [1.29, 1.82) is 0 Å². The highest BCUT2D eigenvalue weighted by atomic mass is 16.1. The van der Waals surface area contributed by atoms with E-state index < -0.39 is 0 Å². The molecule has 0 fully saturated rings. The van der Waals surface area contributed by atoms with Crippen LogP contribution in [0.25, 0.3) is 0 Å². The summed E-state index contributed by atoms with van der Waals surface area (Å²) < 4.78 is 0. The lowest BCUT2D eigenvalue weighted by molar-refractivity contribution is -0.104. The van der Waals surface area contributed by atoms with Crippen molar-refractivity contribution in [2.75, 3.05) is 0 Å². The maximum absolute atomic E-state index is 9.88. The molecule has 0 N–H and O–H groups in total. The Morgan fingerprint density at radius 1 is 1.44 bits per heavy atom. The van der Waals surface area contributed by atoms with Crippen LogP contribution in [0.2, 0.25) is 0 Å². The number of hydrogen-bond acceptors (Lipinski definition) is 1. The maximum atomic E-state index is 9.88. The van der Waals surface area contributed by atoms with E-state index in [9.17, 15) is 4.79 Å². The molecule has 52 valence electrons. The molecule has 1 nitrogen and oxygen atoms in total. The van der Waals surface area contributed by atoms with E-state index in [0.717, 1.165) is 12.7 Å². The Balaban J connectivity index is 3.84. The van der Waals surface area contributed by atoms with Crippen LogP contribution < -0.4 is 0 Å². The topological polar surface area (TPSA) is 17.1 Å². The molecule has 0 saturated heterocycles. The summed E-state index contributed by atoms with van der Waals surface area (Å²) in [4.78, 5) is 9.88. The molecule has 0 heterocycles. The van der Waals surface area contributed by atoms with Crippen LogP contribution in [0.3, 0.4) is 0 Å². The summed E-state index contributed by atoms with van der Waals surface area (Å²) in [5.41, 5.74) is 0.181. The fraction of sp³-hybridized carbons (Fsp3) is 0.625. The van der Waals surface area contributed by atoms with Crippen molar-refractivity contribution >= 4 is 6.29 Å². The van der Waals surface area contributed by atoms with Gasteiger partial charge >= 0.3 is 0 Å². The molecule has 0 aromatic heterocycles. The molecule has 0 rings (SSSR count). The third-order valence-electron chi connectivity index (χ3n) is 1.54. The Hall–Kier alpha value is -0.590. The molecule has 0 aliphatic rings. The van der Waals surface area contributed by atoms with Crippen molar-refractivity contribution in [3.8, 4) is 0 Å². The first-order valence-corrected chi connectivity index (χ1v) is 3.25. The minimum Gasteiger partial charge on any atom is -0.299 e. The Morgan fingerprint density at radius 3 is 2.33 bits per heavy atom. The predicted octanol–water partition coefficient (Wildman–Crippen LogP) is 2.18. The lowest BCUT2D eigenvalue weighted by atomic mass is 9.90. The van der Waals surface area contributed by atoms with Crippen molar-refractivity contribution in [2.45, 2.75) is 27.2 Å². The van der Waals surface area contributed by atoms with Gasteiger partial charge in [-0.2, -0.15) is 0 Å². The monoisotopic (exact) mass is 126 g/mol. The molecular formula is C8H14O. The number of allylic oxidation sites excluding steroid dienone is 2. The Bertz CT molecular complexity index is 112. The van der Waals surface area contributed by atoms with Crippen molar-refractivity contribution in [3.63, 3.8) is 0 Å². The third kappa shape index (κ3) is 3.95. The lowest BCUT2D eigenvalue weighted by Crippen LogP contribution is -2.03. The molecule has 1 heteroatoms. The summed E-state index contributed by atoms with van der Waals surface area (Å²) >= 11 is 0. The van der Waals surface area contributed by atoms with E-state index in [1.807, 2.05) is 6.08 Å². The van der Waals surface area contributed by atoms with Crippen LogP contribution in [0.1, 0.15) is 27.2 Å². The summed E-state index contributed by atoms with van der Waals surface area (Å²) in [5.74, 6) is 0. The molecule has 9 heavy (non-hydrogen) atoms. The largest absolute Gasteiger partial charge is 0.299 e. The van der Waals surface area contributed by atoms with Crippen molar-refractivity contribution < 1.29 is 4.79 Å². The molecule has 0 aliphatic heterocycles. The predicted molar refractivity (Wildman–Crippen MR) is 39.3 cm³/mol. The van der Waals surface area contributed by atoms with Crippen LogP contribution >= 0.6 is 0 Å². The van der Waals surface area contributed by atoms with Crippen molar-refractivity contribution in [2.24, 2.45) is 5.41 Å². The minimum atomic E-state index is 0.181. The van der Waals surface area contributed by atoms with Gasteiger partial charge in [-0.3, -0.25) is 4.79 Å². The van der Waals surface area contributed by atoms with Gasteiger partial charge in [-0.25, -0.2) is 0 Å². The van der Waals surface area contributed by atoms with Crippen molar-refractivity contribution in [3.05, 3.63) is 12.2 Å². The highest BCUT2D eigenvalue weighted by molar-refractivity contribution is 5.64. The van der Waals surface area contributed by atoms with E-state index in [1.165, 1.54) is 0 Å². The molecular weight excluding hydrogens is 112 g/mol. The molecule has 0 saturated carbocycles. The van der Waals surface area contributed by atoms with E-state index in [0.29, 0.717) is 0 Å².